The van der Waals surface area contributed by atoms with Crippen molar-refractivity contribution < 1.29 is 9.59 Å². The van der Waals surface area contributed by atoms with Crippen molar-refractivity contribution in [1.82, 2.24) is 0 Å². The van der Waals surface area contributed by atoms with Crippen LogP contribution in [0.2, 0.25) is 0 Å². The Bertz CT molecular complexity index is 1940. The second-order valence-electron chi connectivity index (χ2n) is 15.6. The first-order valence-electron chi connectivity index (χ1n) is 20.7. The van der Waals surface area contributed by atoms with Crippen LogP contribution in [0.15, 0.2) is 83.9 Å². The average molecular weight is 761 g/mol. The molecule has 2 aliphatic rings. The fraction of sp³-hybridized carbons (Fsp3) is 0.458. The molecule has 2 heterocycles. The predicted octanol–water partition coefficient (Wildman–Crippen LogP) is 12.7. The summed E-state index contributed by atoms with van der Waals surface area (Å²) in [6.45, 7) is 10.1. The lowest BCUT2D eigenvalue weighted by atomic mass is 9.73. The molecule has 4 unspecified atom stereocenters. The van der Waals surface area contributed by atoms with Gasteiger partial charge in [-0.15, -0.1) is 22.7 Å². The summed E-state index contributed by atoms with van der Waals surface area (Å²) in [7, 11) is 0. The van der Waals surface area contributed by atoms with Crippen LogP contribution in [-0.4, -0.2) is 11.6 Å². The number of thiophene rings is 2. The lowest BCUT2D eigenvalue weighted by molar-refractivity contribution is -0.119. The van der Waals surface area contributed by atoms with E-state index in [1.807, 2.05) is 0 Å². The Morgan fingerprint density at radius 2 is 1.09 bits per heavy atom. The summed E-state index contributed by atoms with van der Waals surface area (Å²) in [5.74, 6) is 1.00. The molecule has 0 saturated carbocycles. The molecule has 0 amide bonds. The maximum atomic E-state index is 15.3. The number of unbranched alkanes of at least 4 members (excludes halogenated alkanes) is 3. The van der Waals surface area contributed by atoms with Crippen molar-refractivity contribution in [2.75, 3.05) is 0 Å². The number of rotatable bonds is 19. The Balaban J connectivity index is 1.51. The van der Waals surface area contributed by atoms with Gasteiger partial charge in [-0.3, -0.25) is 9.59 Å². The number of carbonyl (C=O) groups excluding carboxylic acids is 2. The molecular formula is C48H60N2O2S2. The van der Waals surface area contributed by atoms with E-state index in [-0.39, 0.29) is 23.4 Å². The number of nitrogens with two attached hydrogens (primary N) is 2. The van der Waals surface area contributed by atoms with Crippen LogP contribution in [0, 0.1) is 23.7 Å². The Labute approximate surface area is 332 Å². The number of allylic oxidation sites excluding steroid dienone is 4. The van der Waals surface area contributed by atoms with Crippen molar-refractivity contribution in [2.24, 2.45) is 35.1 Å². The molecule has 2 aromatic heterocycles. The van der Waals surface area contributed by atoms with Crippen molar-refractivity contribution in [3.63, 3.8) is 0 Å². The topological polar surface area (TPSA) is 86.2 Å². The zero-order chi connectivity index (χ0) is 38.2. The third-order valence-corrected chi connectivity index (χ3v) is 14.4. The summed E-state index contributed by atoms with van der Waals surface area (Å²) in [5, 5.41) is 0. The molecule has 0 bridgehead atoms. The minimum atomic E-state index is -0.310. The highest BCUT2D eigenvalue weighted by Gasteiger charge is 2.47. The second-order valence-corrected chi connectivity index (χ2v) is 17.8. The molecule has 0 fully saturated rings. The van der Waals surface area contributed by atoms with E-state index in [0.29, 0.717) is 31.3 Å². The maximum absolute atomic E-state index is 15.3. The highest BCUT2D eigenvalue weighted by Crippen LogP contribution is 2.55. The van der Waals surface area contributed by atoms with Gasteiger partial charge >= 0.3 is 0 Å². The van der Waals surface area contributed by atoms with Crippen LogP contribution in [0.3, 0.4) is 0 Å². The van der Waals surface area contributed by atoms with Gasteiger partial charge in [-0.25, -0.2) is 0 Å². The van der Waals surface area contributed by atoms with Gasteiger partial charge in [-0.05, 0) is 88.3 Å². The van der Waals surface area contributed by atoms with E-state index in [1.165, 1.54) is 30.6 Å². The fourth-order valence-corrected chi connectivity index (χ4v) is 11.0. The summed E-state index contributed by atoms with van der Waals surface area (Å²) in [6, 6.07) is 25.7. The molecule has 54 heavy (non-hydrogen) atoms. The number of fused-ring (bicyclic) bond motifs is 1. The van der Waals surface area contributed by atoms with E-state index in [2.05, 4.69) is 100 Å². The Kier molecular flexibility index (Phi) is 14.1. The van der Waals surface area contributed by atoms with E-state index in [1.54, 1.807) is 22.7 Å². The maximum Gasteiger partial charge on any atom is 0.171 e. The van der Waals surface area contributed by atoms with Gasteiger partial charge in [0.2, 0.25) is 0 Å². The van der Waals surface area contributed by atoms with Crippen LogP contribution in [0.4, 0.5) is 0 Å². The van der Waals surface area contributed by atoms with Gasteiger partial charge in [0.15, 0.2) is 11.6 Å². The van der Waals surface area contributed by atoms with Crippen molar-refractivity contribution in [2.45, 2.75) is 118 Å². The third-order valence-electron chi connectivity index (χ3n) is 12.0. The minimum Gasteiger partial charge on any atom is -0.326 e. The normalized spacial score (nSPS) is 18.5. The molecule has 0 aliphatic heterocycles. The quantitative estimate of drug-likeness (QED) is 0.0932. The van der Waals surface area contributed by atoms with Crippen LogP contribution in [-0.2, 0) is 22.7 Å². The van der Waals surface area contributed by atoms with Crippen LogP contribution in [0.5, 0.6) is 0 Å². The van der Waals surface area contributed by atoms with Crippen molar-refractivity contribution in [3.05, 3.63) is 105 Å². The van der Waals surface area contributed by atoms with Gasteiger partial charge in [-0.2, -0.15) is 0 Å². The zero-order valence-electron chi connectivity index (χ0n) is 32.9. The molecule has 286 valence electrons. The van der Waals surface area contributed by atoms with Gasteiger partial charge in [0.05, 0.1) is 0 Å². The van der Waals surface area contributed by atoms with E-state index in [9.17, 15) is 4.79 Å². The molecule has 6 rings (SSSR count). The molecule has 4 aromatic rings. The average Bonchev–Trinajstić information content (AvgIpc) is 3.95. The SMILES string of the molecule is CCCCCC(CC)CC1CC(=O)C2=C(c3ccc(-c4ccc(CN)cc4)s3)C(CC(CC)CCCC)C(=O)C2=C1c1ccc(-c2ccc(CN)cc2)s1. The number of Topliss-reactive ketones (excluding diaryl/α,β-unsaturated/α-hetero) is 2. The van der Waals surface area contributed by atoms with Crippen molar-refractivity contribution in [1.29, 1.82) is 0 Å². The zero-order valence-corrected chi connectivity index (χ0v) is 34.6. The molecule has 2 aromatic carbocycles. The smallest absolute Gasteiger partial charge is 0.171 e. The highest BCUT2D eigenvalue weighted by molar-refractivity contribution is 7.17. The Hall–Kier alpha value is -3.42. The van der Waals surface area contributed by atoms with Crippen LogP contribution in [0.1, 0.15) is 126 Å². The van der Waals surface area contributed by atoms with Crippen LogP contribution >= 0.6 is 22.7 Å². The van der Waals surface area contributed by atoms with E-state index in [0.717, 1.165) is 104 Å². The van der Waals surface area contributed by atoms with E-state index < -0.39 is 0 Å². The molecule has 0 spiro atoms. The molecular weight excluding hydrogens is 701 g/mol. The van der Waals surface area contributed by atoms with Gasteiger partial charge in [0.25, 0.3) is 0 Å². The first kappa shape index (κ1) is 40.2. The minimum absolute atomic E-state index is 0.0277. The van der Waals surface area contributed by atoms with Crippen LogP contribution < -0.4 is 11.5 Å². The van der Waals surface area contributed by atoms with Crippen LogP contribution in [0.25, 0.3) is 32.0 Å². The first-order valence-corrected chi connectivity index (χ1v) is 22.3. The number of hydrogen-bond donors (Lipinski definition) is 2. The number of carbonyl (C=O) groups is 2. The van der Waals surface area contributed by atoms with Gasteiger partial charge in [-0.1, -0.05) is 134 Å². The Morgan fingerprint density at radius 3 is 1.61 bits per heavy atom. The number of hydrogen-bond acceptors (Lipinski definition) is 6. The summed E-state index contributed by atoms with van der Waals surface area (Å²) in [6.07, 6.45) is 12.5. The standard InChI is InChI=1S/C48H60N2O2S2/c1-5-9-11-13-31(7-3)26-37-28-39(51)46-45(43-25-23-41(54-43)36-20-16-34(30-50)17-21-36)38(27-32(8-4)12-10-6-2)48(52)47(46)44(37)42-24-22-40(53-42)35-18-14-33(29-49)15-19-35/h14-25,31-32,37-38H,5-13,26-30,49-50H2,1-4H3. The van der Waals surface area contributed by atoms with E-state index in [4.69, 9.17) is 11.5 Å². The number of benzene rings is 2. The summed E-state index contributed by atoms with van der Waals surface area (Å²) in [5.41, 5.74) is 19.9. The van der Waals surface area contributed by atoms with Crippen molar-refractivity contribution >= 4 is 45.4 Å². The lowest BCUT2D eigenvalue weighted by Gasteiger charge is -2.30. The van der Waals surface area contributed by atoms with Crippen molar-refractivity contribution in [3.8, 4) is 20.9 Å². The van der Waals surface area contributed by atoms with Gasteiger partial charge < -0.3 is 11.5 Å². The Morgan fingerprint density at radius 1 is 0.593 bits per heavy atom. The largest absolute Gasteiger partial charge is 0.326 e. The second kappa shape index (κ2) is 18.9. The van der Waals surface area contributed by atoms with Gasteiger partial charge in [0.1, 0.15) is 0 Å². The third kappa shape index (κ3) is 8.83. The lowest BCUT2D eigenvalue weighted by Crippen LogP contribution is -2.25. The molecule has 2 aliphatic carbocycles. The molecule has 4 N–H and O–H groups in total. The highest BCUT2D eigenvalue weighted by atomic mass is 32.1. The predicted molar refractivity (Wildman–Crippen MR) is 231 cm³/mol. The summed E-state index contributed by atoms with van der Waals surface area (Å²) in [4.78, 5) is 34.6. The monoisotopic (exact) mass is 760 g/mol. The molecule has 4 atom stereocenters. The molecule has 0 saturated heterocycles. The molecule has 4 nitrogen and oxygen atoms in total. The summed E-state index contributed by atoms with van der Waals surface area (Å²) < 4.78 is 0. The first-order chi connectivity index (χ1) is 26.3. The van der Waals surface area contributed by atoms with Gasteiger partial charge in [0, 0.05) is 56.1 Å². The summed E-state index contributed by atoms with van der Waals surface area (Å²) >= 11 is 3.49. The number of ketones is 2. The fourth-order valence-electron chi connectivity index (χ4n) is 8.75. The molecule has 0 radical (unpaired) electrons. The molecule has 6 heteroatoms. The van der Waals surface area contributed by atoms with E-state index >= 15 is 4.79 Å².